The van der Waals surface area contributed by atoms with Crippen LogP contribution < -0.4 is 10.1 Å². The van der Waals surface area contributed by atoms with E-state index in [1.54, 1.807) is 14.2 Å². The molecule has 2 unspecified atom stereocenters. The molecule has 1 aliphatic rings. The summed E-state index contributed by atoms with van der Waals surface area (Å²) in [4.78, 5) is 11.9. The number of carbonyl (C=O) groups is 1. The first-order chi connectivity index (χ1) is 13.6. The predicted molar refractivity (Wildman–Crippen MR) is 111 cm³/mol. The van der Waals surface area contributed by atoms with Gasteiger partial charge in [-0.25, -0.2) is 0 Å². The fraction of sp³-hybridized carbons (Fsp3) is 0.522. The van der Waals surface area contributed by atoms with Gasteiger partial charge in [0, 0.05) is 20.1 Å². The Hall–Kier alpha value is -2.11. The average molecular weight is 386 g/mol. The number of unbranched alkanes of at least 4 members (excludes halogenated alkanes) is 2. The van der Waals surface area contributed by atoms with Crippen LogP contribution in [0.3, 0.4) is 0 Å². The monoisotopic (exact) mass is 385 g/mol. The van der Waals surface area contributed by atoms with Crippen molar-refractivity contribution in [3.05, 3.63) is 41.5 Å². The second-order valence-corrected chi connectivity index (χ2v) is 7.54. The Morgan fingerprint density at radius 3 is 2.64 bits per heavy atom. The molecule has 0 amide bonds. The van der Waals surface area contributed by atoms with Crippen molar-refractivity contribution in [3.63, 3.8) is 0 Å². The maximum absolute atomic E-state index is 11.9. The smallest absolute Gasteiger partial charge is 0.322 e. The number of aryl methyl sites for hydroxylation is 1. The van der Waals surface area contributed by atoms with E-state index < -0.39 is 5.60 Å². The van der Waals surface area contributed by atoms with Crippen molar-refractivity contribution in [2.45, 2.75) is 50.7 Å². The molecule has 2 aromatic carbocycles. The van der Waals surface area contributed by atoms with Crippen LogP contribution in [0.1, 0.15) is 43.7 Å². The van der Waals surface area contributed by atoms with Crippen LogP contribution in [0.15, 0.2) is 30.3 Å². The zero-order valence-electron chi connectivity index (χ0n) is 17.3. The molecule has 1 aliphatic heterocycles. The third-order valence-corrected chi connectivity index (χ3v) is 5.86. The molecule has 152 valence electrons. The number of nitrogens with one attached hydrogen (secondary N) is 1. The minimum Gasteiger partial charge on any atom is -0.496 e. The van der Waals surface area contributed by atoms with Gasteiger partial charge < -0.3 is 19.5 Å². The molecule has 0 bridgehead atoms. The van der Waals surface area contributed by atoms with Crippen molar-refractivity contribution < 1.29 is 19.0 Å². The SMILES string of the molecule is CCCCCc1cc2cc(C3(OC)CNC(C(=O)OC)C3)ccc2cc1OC. The van der Waals surface area contributed by atoms with Crippen molar-refractivity contribution in [1.29, 1.82) is 0 Å². The number of hydrogen-bond donors (Lipinski definition) is 1. The van der Waals surface area contributed by atoms with Gasteiger partial charge in [0.25, 0.3) is 0 Å². The molecule has 0 spiro atoms. The molecule has 1 heterocycles. The van der Waals surface area contributed by atoms with Gasteiger partial charge in [-0.05, 0) is 52.9 Å². The van der Waals surface area contributed by atoms with Gasteiger partial charge >= 0.3 is 5.97 Å². The Balaban J connectivity index is 1.95. The van der Waals surface area contributed by atoms with Gasteiger partial charge in [-0.1, -0.05) is 31.9 Å². The maximum Gasteiger partial charge on any atom is 0.322 e. The van der Waals surface area contributed by atoms with E-state index in [1.165, 1.54) is 30.9 Å². The van der Waals surface area contributed by atoms with Gasteiger partial charge in [-0.2, -0.15) is 0 Å². The highest BCUT2D eigenvalue weighted by molar-refractivity contribution is 5.86. The van der Waals surface area contributed by atoms with Crippen LogP contribution in [0.5, 0.6) is 5.75 Å². The van der Waals surface area contributed by atoms with Gasteiger partial charge in [0.1, 0.15) is 17.4 Å². The van der Waals surface area contributed by atoms with Crippen LogP contribution in [0.2, 0.25) is 0 Å². The summed E-state index contributed by atoms with van der Waals surface area (Å²) in [6.07, 6.45) is 5.14. The molecule has 28 heavy (non-hydrogen) atoms. The Kier molecular flexibility index (Phi) is 6.57. The third-order valence-electron chi connectivity index (χ3n) is 5.86. The Labute approximate surface area is 167 Å². The molecule has 5 heteroatoms. The van der Waals surface area contributed by atoms with Crippen LogP contribution in [0, 0.1) is 0 Å². The normalized spacial score (nSPS) is 21.8. The second-order valence-electron chi connectivity index (χ2n) is 7.54. The van der Waals surface area contributed by atoms with Gasteiger partial charge in [-0.3, -0.25) is 4.79 Å². The van der Waals surface area contributed by atoms with Gasteiger partial charge in [0.15, 0.2) is 0 Å². The number of carbonyl (C=O) groups excluding carboxylic acids is 1. The van der Waals surface area contributed by atoms with E-state index in [0.29, 0.717) is 13.0 Å². The highest BCUT2D eigenvalue weighted by atomic mass is 16.5. The Morgan fingerprint density at radius 2 is 1.96 bits per heavy atom. The van der Waals surface area contributed by atoms with Gasteiger partial charge in [0.2, 0.25) is 0 Å². The first kappa shape index (κ1) is 20.6. The molecular weight excluding hydrogens is 354 g/mol. The summed E-state index contributed by atoms with van der Waals surface area (Å²) in [5, 5.41) is 5.55. The molecule has 5 nitrogen and oxygen atoms in total. The number of benzene rings is 2. The van der Waals surface area contributed by atoms with Gasteiger partial charge in [0.05, 0.1) is 14.2 Å². The summed E-state index contributed by atoms with van der Waals surface area (Å²) in [5.41, 5.74) is 1.78. The van der Waals surface area contributed by atoms with E-state index in [4.69, 9.17) is 14.2 Å². The number of rotatable bonds is 8. The summed E-state index contributed by atoms with van der Waals surface area (Å²) in [7, 11) is 4.85. The van der Waals surface area contributed by atoms with Crippen molar-refractivity contribution in [2.24, 2.45) is 0 Å². The summed E-state index contributed by atoms with van der Waals surface area (Å²) >= 11 is 0. The largest absolute Gasteiger partial charge is 0.496 e. The topological polar surface area (TPSA) is 56.8 Å². The lowest BCUT2D eigenvalue weighted by Crippen LogP contribution is -2.31. The van der Waals surface area contributed by atoms with Crippen molar-refractivity contribution in [1.82, 2.24) is 5.32 Å². The van der Waals surface area contributed by atoms with E-state index in [9.17, 15) is 4.79 Å². The van der Waals surface area contributed by atoms with Crippen LogP contribution in [-0.4, -0.2) is 39.9 Å². The molecule has 0 aliphatic carbocycles. The number of esters is 1. The van der Waals surface area contributed by atoms with E-state index in [0.717, 1.165) is 29.5 Å². The van der Waals surface area contributed by atoms with Crippen LogP contribution in [0.4, 0.5) is 0 Å². The third kappa shape index (κ3) is 4.01. The quantitative estimate of drug-likeness (QED) is 0.551. The van der Waals surface area contributed by atoms with E-state index >= 15 is 0 Å². The highest BCUT2D eigenvalue weighted by Gasteiger charge is 2.44. The molecule has 3 rings (SSSR count). The first-order valence-corrected chi connectivity index (χ1v) is 10.0. The van der Waals surface area contributed by atoms with Crippen LogP contribution in [0.25, 0.3) is 10.8 Å². The summed E-state index contributed by atoms with van der Waals surface area (Å²) < 4.78 is 16.4. The lowest BCUT2D eigenvalue weighted by molar-refractivity contribution is -0.143. The molecule has 2 atom stereocenters. The molecule has 1 saturated heterocycles. The fourth-order valence-electron chi connectivity index (χ4n) is 4.12. The molecule has 1 fully saturated rings. The highest BCUT2D eigenvalue weighted by Crippen LogP contribution is 2.37. The average Bonchev–Trinajstić information content (AvgIpc) is 3.18. The lowest BCUT2D eigenvalue weighted by atomic mass is 9.88. The fourth-order valence-corrected chi connectivity index (χ4v) is 4.12. The molecule has 0 aromatic heterocycles. The Bertz CT molecular complexity index is 835. The number of methoxy groups -OCH3 is 3. The zero-order chi connectivity index (χ0) is 20.1. The van der Waals surface area contributed by atoms with Gasteiger partial charge in [-0.15, -0.1) is 0 Å². The second kappa shape index (κ2) is 8.93. The molecule has 1 N–H and O–H groups in total. The number of hydrogen-bond acceptors (Lipinski definition) is 5. The standard InChI is InChI=1S/C23H31NO4/c1-5-6-7-8-17-11-18-12-19(10-9-16(18)13-21(17)26-2)23(28-4)14-20(24-15-23)22(25)27-3/h9-13,20,24H,5-8,14-15H2,1-4H3. The number of ether oxygens (including phenoxy) is 3. The van der Waals surface area contributed by atoms with Crippen molar-refractivity contribution >= 4 is 16.7 Å². The molecule has 0 radical (unpaired) electrons. The number of fused-ring (bicyclic) bond motifs is 1. The van der Waals surface area contributed by atoms with Crippen molar-refractivity contribution in [2.75, 3.05) is 27.9 Å². The summed E-state index contributed by atoms with van der Waals surface area (Å²) in [5.74, 6) is 0.703. The summed E-state index contributed by atoms with van der Waals surface area (Å²) in [6.45, 7) is 2.79. The van der Waals surface area contributed by atoms with Crippen LogP contribution in [-0.2, 0) is 26.3 Å². The first-order valence-electron chi connectivity index (χ1n) is 10.0. The molecular formula is C23H31NO4. The summed E-state index contributed by atoms with van der Waals surface area (Å²) in [6, 6.07) is 10.4. The van der Waals surface area contributed by atoms with E-state index in [1.807, 2.05) is 0 Å². The minimum atomic E-state index is -0.532. The molecule has 2 aromatic rings. The maximum atomic E-state index is 11.9. The zero-order valence-corrected chi connectivity index (χ0v) is 17.3. The predicted octanol–water partition coefficient (Wildman–Crippen LogP) is 3.96. The minimum absolute atomic E-state index is 0.248. The van der Waals surface area contributed by atoms with E-state index in [-0.39, 0.29) is 12.0 Å². The van der Waals surface area contributed by atoms with Crippen molar-refractivity contribution in [3.8, 4) is 5.75 Å². The van der Waals surface area contributed by atoms with E-state index in [2.05, 4.69) is 42.6 Å². The molecule has 0 saturated carbocycles. The Morgan fingerprint density at radius 1 is 1.14 bits per heavy atom. The lowest BCUT2D eigenvalue weighted by Gasteiger charge is -2.28. The van der Waals surface area contributed by atoms with Crippen LogP contribution >= 0.6 is 0 Å².